The van der Waals surface area contributed by atoms with Gasteiger partial charge >= 0.3 is 0 Å². The van der Waals surface area contributed by atoms with Gasteiger partial charge in [-0.3, -0.25) is 0 Å². The van der Waals surface area contributed by atoms with Crippen molar-refractivity contribution in [1.29, 1.82) is 0 Å². The van der Waals surface area contributed by atoms with E-state index in [2.05, 4.69) is 102 Å². The lowest BCUT2D eigenvalue weighted by atomic mass is 9.74. The van der Waals surface area contributed by atoms with Crippen LogP contribution in [-0.2, 0) is 9.47 Å². The summed E-state index contributed by atoms with van der Waals surface area (Å²) in [6.45, 7) is 28.5. The second-order valence-corrected chi connectivity index (χ2v) is 15.5. The van der Waals surface area contributed by atoms with E-state index in [9.17, 15) is 10.2 Å². The zero-order valence-electron chi connectivity index (χ0n) is 25.4. The molecular formula is C29H61NO4. The average Bonchev–Trinajstić information content (AvgIpc) is 2.61. The summed E-state index contributed by atoms with van der Waals surface area (Å²) in [7, 11) is 4.27. The van der Waals surface area contributed by atoms with Crippen LogP contribution in [0, 0.1) is 27.1 Å². The van der Waals surface area contributed by atoms with E-state index >= 15 is 0 Å². The zero-order chi connectivity index (χ0) is 27.2. The maximum absolute atomic E-state index is 9.75. The van der Waals surface area contributed by atoms with Crippen LogP contribution in [0.5, 0.6) is 0 Å². The molecule has 1 unspecified atom stereocenters. The number of ether oxygens (including phenoxy) is 2. The maximum Gasteiger partial charge on any atom is 0.0860 e. The fourth-order valence-electron chi connectivity index (χ4n) is 5.46. The molecule has 0 aromatic heterocycles. The van der Waals surface area contributed by atoms with E-state index in [0.717, 1.165) is 19.3 Å². The van der Waals surface area contributed by atoms with E-state index in [0.29, 0.717) is 19.8 Å². The van der Waals surface area contributed by atoms with E-state index in [1.165, 1.54) is 0 Å². The first-order chi connectivity index (χ1) is 15.0. The lowest BCUT2D eigenvalue weighted by molar-refractivity contribution is -0.120. The molecule has 0 aromatic rings. The second kappa shape index (κ2) is 12.4. The van der Waals surface area contributed by atoms with Gasteiger partial charge in [0.25, 0.3) is 0 Å². The zero-order valence-corrected chi connectivity index (χ0v) is 25.4. The van der Waals surface area contributed by atoms with Gasteiger partial charge in [-0.2, -0.15) is 0 Å². The molecule has 0 aliphatic heterocycles. The highest BCUT2D eigenvalue weighted by molar-refractivity contribution is 4.91. The van der Waals surface area contributed by atoms with Crippen molar-refractivity contribution in [2.45, 2.75) is 114 Å². The molecule has 0 rings (SSSR count). The highest BCUT2D eigenvalue weighted by atomic mass is 16.5. The summed E-state index contributed by atoms with van der Waals surface area (Å²) < 4.78 is 13.0. The Labute approximate surface area is 213 Å². The molecule has 2 N–H and O–H groups in total. The van der Waals surface area contributed by atoms with E-state index in [1.807, 2.05) is 0 Å². The summed E-state index contributed by atoms with van der Waals surface area (Å²) in [4.78, 5) is 2.28. The SMILES string of the molecule is CN(C)C(C)(C)CC(C)(C)C(COCC(C)(C)CC(C)(C)CO)OCC(C)(C)CC(C)(C)CO. The Balaban J connectivity index is 5.50. The molecule has 0 fully saturated rings. The molecule has 5 nitrogen and oxygen atoms in total. The Morgan fingerprint density at radius 2 is 1.03 bits per heavy atom. The summed E-state index contributed by atoms with van der Waals surface area (Å²) in [5.41, 5.74) is -0.406. The van der Waals surface area contributed by atoms with Crippen LogP contribution in [0.3, 0.4) is 0 Å². The lowest BCUT2D eigenvalue weighted by Crippen LogP contribution is -2.48. The van der Waals surface area contributed by atoms with Crippen molar-refractivity contribution >= 4 is 0 Å². The molecule has 1 atom stereocenters. The minimum absolute atomic E-state index is 0.0317. The number of aliphatic hydroxyl groups is 2. The standard InChI is InChI=1S/C29H61NO4/c1-24(2,19-31)16-26(5,6)21-33-15-23(28(9,10)18-29(11,12)30(13)14)34-22-27(7,8)17-25(3,4)20-32/h23,31-32H,15-22H2,1-14H3. The third-order valence-electron chi connectivity index (χ3n) is 7.18. The molecule has 0 aliphatic carbocycles. The molecule has 0 saturated heterocycles. The second-order valence-electron chi connectivity index (χ2n) is 15.5. The highest BCUT2D eigenvalue weighted by Gasteiger charge is 2.39. The van der Waals surface area contributed by atoms with Gasteiger partial charge in [-0.15, -0.1) is 0 Å². The number of hydrogen-bond acceptors (Lipinski definition) is 5. The summed E-state index contributed by atoms with van der Waals surface area (Å²) in [6.07, 6.45) is 2.70. The molecule has 0 heterocycles. The molecule has 5 heteroatoms. The highest BCUT2D eigenvalue weighted by Crippen LogP contribution is 2.39. The van der Waals surface area contributed by atoms with Crippen LogP contribution in [0.25, 0.3) is 0 Å². The molecule has 0 saturated carbocycles. The van der Waals surface area contributed by atoms with Crippen molar-refractivity contribution < 1.29 is 19.7 Å². The van der Waals surface area contributed by atoms with Gasteiger partial charge in [0.05, 0.1) is 25.9 Å². The molecule has 0 bridgehead atoms. The molecule has 0 aliphatic rings. The minimum atomic E-state index is -0.134. The van der Waals surface area contributed by atoms with Crippen molar-refractivity contribution in [2.75, 3.05) is 47.1 Å². The van der Waals surface area contributed by atoms with Crippen molar-refractivity contribution in [1.82, 2.24) is 4.90 Å². The molecule has 206 valence electrons. The van der Waals surface area contributed by atoms with Crippen molar-refractivity contribution in [3.05, 3.63) is 0 Å². The number of hydrogen-bond donors (Lipinski definition) is 2. The Morgan fingerprint density at radius 3 is 1.41 bits per heavy atom. The first-order valence-electron chi connectivity index (χ1n) is 13.1. The van der Waals surface area contributed by atoms with Crippen LogP contribution in [-0.4, -0.2) is 73.9 Å². The van der Waals surface area contributed by atoms with Gasteiger partial charge in [-0.05, 0) is 74.3 Å². The largest absolute Gasteiger partial charge is 0.396 e. The van der Waals surface area contributed by atoms with Crippen molar-refractivity contribution in [2.24, 2.45) is 27.1 Å². The maximum atomic E-state index is 9.75. The summed E-state index contributed by atoms with van der Waals surface area (Å²) in [6, 6.07) is 0. The normalized spacial score (nSPS) is 15.8. The Hall–Kier alpha value is -0.200. The topological polar surface area (TPSA) is 62.2 Å². The van der Waals surface area contributed by atoms with Gasteiger partial charge in [-0.1, -0.05) is 69.2 Å². The smallest absolute Gasteiger partial charge is 0.0860 e. The van der Waals surface area contributed by atoms with Gasteiger partial charge in [0.1, 0.15) is 0 Å². The predicted octanol–water partition coefficient (Wildman–Crippen LogP) is 6.01. The monoisotopic (exact) mass is 487 g/mol. The van der Waals surface area contributed by atoms with Crippen LogP contribution < -0.4 is 0 Å². The van der Waals surface area contributed by atoms with E-state index in [1.54, 1.807) is 0 Å². The van der Waals surface area contributed by atoms with E-state index in [4.69, 9.17) is 9.47 Å². The van der Waals surface area contributed by atoms with Gasteiger partial charge < -0.3 is 24.6 Å². The van der Waals surface area contributed by atoms with Crippen LogP contribution in [0.4, 0.5) is 0 Å². The third kappa shape index (κ3) is 12.7. The number of aliphatic hydroxyl groups excluding tert-OH is 2. The van der Waals surface area contributed by atoms with Gasteiger partial charge in [-0.25, -0.2) is 0 Å². The summed E-state index contributed by atoms with van der Waals surface area (Å²) in [5, 5.41) is 19.4. The fraction of sp³-hybridized carbons (Fsp3) is 1.00. The minimum Gasteiger partial charge on any atom is -0.396 e. The van der Waals surface area contributed by atoms with Crippen LogP contribution in [0.15, 0.2) is 0 Å². The van der Waals surface area contributed by atoms with Crippen molar-refractivity contribution in [3.63, 3.8) is 0 Å². The first-order valence-corrected chi connectivity index (χ1v) is 13.1. The molecular weight excluding hydrogens is 426 g/mol. The number of nitrogens with zero attached hydrogens (tertiary/aromatic N) is 1. The van der Waals surface area contributed by atoms with Gasteiger partial charge in [0.2, 0.25) is 0 Å². The molecule has 0 radical (unpaired) electrons. The lowest BCUT2D eigenvalue weighted by Gasteiger charge is -2.44. The van der Waals surface area contributed by atoms with Crippen LogP contribution in [0.1, 0.15) is 102 Å². The Bertz CT molecular complexity index is 591. The average molecular weight is 488 g/mol. The molecule has 0 spiro atoms. The summed E-state index contributed by atoms with van der Waals surface area (Å²) in [5.74, 6) is 0. The fourth-order valence-corrected chi connectivity index (χ4v) is 5.46. The predicted molar refractivity (Wildman–Crippen MR) is 145 cm³/mol. The Kier molecular flexibility index (Phi) is 12.3. The quantitative estimate of drug-likeness (QED) is 0.263. The molecule has 0 aromatic carbocycles. The van der Waals surface area contributed by atoms with Crippen molar-refractivity contribution in [3.8, 4) is 0 Å². The Morgan fingerprint density at radius 1 is 0.618 bits per heavy atom. The third-order valence-corrected chi connectivity index (χ3v) is 7.18. The molecule has 34 heavy (non-hydrogen) atoms. The van der Waals surface area contributed by atoms with E-state index in [-0.39, 0.29) is 51.9 Å². The van der Waals surface area contributed by atoms with Gasteiger partial charge in [0.15, 0.2) is 0 Å². The van der Waals surface area contributed by atoms with E-state index < -0.39 is 0 Å². The first kappa shape index (κ1) is 33.8. The number of rotatable bonds is 17. The van der Waals surface area contributed by atoms with Gasteiger partial charge in [0, 0.05) is 18.8 Å². The van der Waals surface area contributed by atoms with Crippen LogP contribution in [0.2, 0.25) is 0 Å². The van der Waals surface area contributed by atoms with Crippen LogP contribution >= 0.6 is 0 Å². The summed E-state index contributed by atoms with van der Waals surface area (Å²) >= 11 is 0. The molecule has 0 amide bonds.